The van der Waals surface area contributed by atoms with E-state index in [1.165, 1.54) is 12.1 Å². The maximum absolute atomic E-state index is 13.3. The highest BCUT2D eigenvalue weighted by molar-refractivity contribution is 9.10. The second kappa shape index (κ2) is 5.48. The number of amides is 1. The van der Waals surface area contributed by atoms with Crippen molar-refractivity contribution in [2.75, 3.05) is 10.6 Å². The van der Waals surface area contributed by atoms with Crippen LogP contribution >= 0.6 is 15.9 Å². The number of carbonyl (C=O) groups is 1. The van der Waals surface area contributed by atoms with E-state index in [0.717, 1.165) is 21.3 Å². The number of hydrogen-bond donors (Lipinski definition) is 1. The minimum atomic E-state index is -0.268. The molecule has 108 valence electrons. The first kappa shape index (κ1) is 14.1. The number of halogens is 2. The maximum Gasteiger partial charge on any atom is 0.227 e. The molecule has 0 aromatic heterocycles. The van der Waals surface area contributed by atoms with Gasteiger partial charge >= 0.3 is 0 Å². The molecule has 5 heteroatoms. The Morgan fingerprint density at radius 2 is 2.00 bits per heavy atom. The molecule has 3 nitrogen and oxygen atoms in total. The van der Waals surface area contributed by atoms with E-state index < -0.39 is 0 Å². The van der Waals surface area contributed by atoms with Crippen molar-refractivity contribution < 1.29 is 9.18 Å². The highest BCUT2D eigenvalue weighted by Crippen LogP contribution is 2.30. The molecule has 0 atom stereocenters. The Hall–Kier alpha value is -1.88. The number of nitrogens with two attached hydrogens (primary N) is 1. The number of carbonyl (C=O) groups excluding carboxylic acids is 1. The Labute approximate surface area is 130 Å². The third-order valence-electron chi connectivity index (χ3n) is 3.64. The lowest BCUT2D eigenvalue weighted by Crippen LogP contribution is -2.34. The molecule has 2 N–H and O–H groups in total. The van der Waals surface area contributed by atoms with Crippen molar-refractivity contribution >= 4 is 33.2 Å². The lowest BCUT2D eigenvalue weighted by molar-refractivity contribution is -0.119. The minimum Gasteiger partial charge on any atom is -0.398 e. The van der Waals surface area contributed by atoms with Gasteiger partial charge in [0.05, 0.1) is 6.54 Å². The molecule has 1 aliphatic rings. The Bertz CT molecular complexity index is 717. The van der Waals surface area contributed by atoms with Gasteiger partial charge in [-0.3, -0.25) is 4.79 Å². The van der Waals surface area contributed by atoms with Crippen LogP contribution in [0.1, 0.15) is 17.5 Å². The quantitative estimate of drug-likeness (QED) is 0.842. The van der Waals surface area contributed by atoms with E-state index in [4.69, 9.17) is 5.73 Å². The highest BCUT2D eigenvalue weighted by atomic mass is 79.9. The summed E-state index contributed by atoms with van der Waals surface area (Å²) >= 11 is 3.35. The number of nitrogens with zero attached hydrogens (tertiary/aromatic N) is 1. The summed E-state index contributed by atoms with van der Waals surface area (Å²) in [5.41, 5.74) is 9.12. The SMILES string of the molecule is Nc1cc(CN2C(=O)CCc3cc(F)ccc32)ccc1Br. The van der Waals surface area contributed by atoms with Crippen molar-refractivity contribution in [1.29, 1.82) is 0 Å². The fraction of sp³-hybridized carbons (Fsp3) is 0.188. The molecule has 0 spiro atoms. The fourth-order valence-corrected chi connectivity index (χ4v) is 2.82. The normalized spacial score (nSPS) is 14.2. The Morgan fingerprint density at radius 1 is 1.19 bits per heavy atom. The molecule has 1 aliphatic heterocycles. The largest absolute Gasteiger partial charge is 0.398 e. The van der Waals surface area contributed by atoms with Crippen LogP contribution in [-0.4, -0.2) is 5.91 Å². The highest BCUT2D eigenvalue weighted by Gasteiger charge is 2.24. The summed E-state index contributed by atoms with van der Waals surface area (Å²) in [5.74, 6) is -0.216. The Balaban J connectivity index is 1.94. The zero-order chi connectivity index (χ0) is 15.0. The number of fused-ring (bicyclic) bond motifs is 1. The number of anilines is 2. The molecule has 0 bridgehead atoms. The monoisotopic (exact) mass is 348 g/mol. The second-order valence-corrected chi connectivity index (χ2v) is 5.96. The summed E-state index contributed by atoms with van der Waals surface area (Å²) < 4.78 is 14.2. The summed E-state index contributed by atoms with van der Waals surface area (Å²) in [6.07, 6.45) is 0.993. The molecule has 1 amide bonds. The van der Waals surface area contributed by atoms with Gasteiger partial charge in [0.2, 0.25) is 5.91 Å². The number of rotatable bonds is 2. The smallest absolute Gasteiger partial charge is 0.227 e. The first-order chi connectivity index (χ1) is 10.0. The van der Waals surface area contributed by atoms with Gasteiger partial charge in [-0.1, -0.05) is 6.07 Å². The van der Waals surface area contributed by atoms with E-state index in [1.807, 2.05) is 18.2 Å². The Kier molecular flexibility index (Phi) is 3.68. The van der Waals surface area contributed by atoms with Gasteiger partial charge in [-0.15, -0.1) is 0 Å². The summed E-state index contributed by atoms with van der Waals surface area (Å²) in [6, 6.07) is 10.2. The first-order valence-electron chi connectivity index (χ1n) is 6.67. The molecule has 2 aromatic carbocycles. The predicted octanol–water partition coefficient (Wildman–Crippen LogP) is 3.65. The molecule has 21 heavy (non-hydrogen) atoms. The molecule has 1 heterocycles. The topological polar surface area (TPSA) is 46.3 Å². The molecule has 0 radical (unpaired) electrons. The number of nitrogen functional groups attached to an aromatic ring is 1. The third kappa shape index (κ3) is 2.78. The van der Waals surface area contributed by atoms with Crippen LogP contribution < -0.4 is 10.6 Å². The first-order valence-corrected chi connectivity index (χ1v) is 7.46. The molecule has 0 saturated carbocycles. The van der Waals surface area contributed by atoms with Crippen LogP contribution in [0.3, 0.4) is 0 Å². The summed E-state index contributed by atoms with van der Waals surface area (Å²) in [6.45, 7) is 0.439. The number of aryl methyl sites for hydroxylation is 1. The summed E-state index contributed by atoms with van der Waals surface area (Å²) in [5, 5.41) is 0. The van der Waals surface area contributed by atoms with Gasteiger partial charge in [-0.2, -0.15) is 0 Å². The van der Waals surface area contributed by atoms with E-state index in [0.29, 0.717) is 25.1 Å². The van der Waals surface area contributed by atoms with Crippen LogP contribution in [0.25, 0.3) is 0 Å². The van der Waals surface area contributed by atoms with Crippen molar-refractivity contribution in [3.05, 3.63) is 57.8 Å². The molecule has 0 unspecified atom stereocenters. The molecule has 3 rings (SSSR count). The van der Waals surface area contributed by atoms with E-state index >= 15 is 0 Å². The van der Waals surface area contributed by atoms with Crippen molar-refractivity contribution in [2.45, 2.75) is 19.4 Å². The lowest BCUT2D eigenvalue weighted by atomic mass is 10.00. The van der Waals surface area contributed by atoms with Gasteiger partial charge in [0.15, 0.2) is 0 Å². The second-order valence-electron chi connectivity index (χ2n) is 5.11. The summed E-state index contributed by atoms with van der Waals surface area (Å²) in [4.78, 5) is 13.9. The fourth-order valence-electron chi connectivity index (χ4n) is 2.58. The van der Waals surface area contributed by atoms with Gasteiger partial charge in [0, 0.05) is 22.3 Å². The molecule has 0 aliphatic carbocycles. The Morgan fingerprint density at radius 3 is 2.76 bits per heavy atom. The maximum atomic E-state index is 13.3. The van der Waals surface area contributed by atoms with Gasteiger partial charge in [0.25, 0.3) is 0 Å². The lowest BCUT2D eigenvalue weighted by Gasteiger charge is -2.29. The predicted molar refractivity (Wildman–Crippen MR) is 84.5 cm³/mol. The minimum absolute atomic E-state index is 0.0515. The summed E-state index contributed by atoms with van der Waals surface area (Å²) in [7, 11) is 0. The standard InChI is InChI=1S/C16H14BrFN2O/c17-13-4-1-10(7-14(13)19)9-20-15-5-3-12(18)8-11(15)2-6-16(20)21/h1,3-5,7-8H,2,6,9,19H2. The van der Waals surface area contributed by atoms with Crippen molar-refractivity contribution in [3.63, 3.8) is 0 Å². The van der Waals surface area contributed by atoms with Gasteiger partial charge < -0.3 is 10.6 Å². The van der Waals surface area contributed by atoms with Crippen LogP contribution in [0.2, 0.25) is 0 Å². The van der Waals surface area contributed by atoms with Crippen LogP contribution in [0.15, 0.2) is 40.9 Å². The zero-order valence-electron chi connectivity index (χ0n) is 11.3. The van der Waals surface area contributed by atoms with Crippen LogP contribution in [0, 0.1) is 5.82 Å². The van der Waals surface area contributed by atoms with Gasteiger partial charge in [-0.25, -0.2) is 4.39 Å². The van der Waals surface area contributed by atoms with E-state index in [1.54, 1.807) is 11.0 Å². The molecule has 2 aromatic rings. The van der Waals surface area contributed by atoms with Crippen molar-refractivity contribution in [2.24, 2.45) is 0 Å². The van der Waals surface area contributed by atoms with E-state index in [2.05, 4.69) is 15.9 Å². The molecular formula is C16H14BrFN2O. The van der Waals surface area contributed by atoms with Gasteiger partial charge in [0.1, 0.15) is 5.82 Å². The number of hydrogen-bond acceptors (Lipinski definition) is 2. The average Bonchev–Trinajstić information content (AvgIpc) is 2.46. The third-order valence-corrected chi connectivity index (χ3v) is 4.36. The molecular weight excluding hydrogens is 335 g/mol. The zero-order valence-corrected chi connectivity index (χ0v) is 12.9. The van der Waals surface area contributed by atoms with E-state index in [9.17, 15) is 9.18 Å². The van der Waals surface area contributed by atoms with Crippen molar-refractivity contribution in [1.82, 2.24) is 0 Å². The molecule has 0 saturated heterocycles. The van der Waals surface area contributed by atoms with Gasteiger partial charge in [-0.05, 0) is 63.8 Å². The van der Waals surface area contributed by atoms with E-state index in [-0.39, 0.29) is 11.7 Å². The van der Waals surface area contributed by atoms with Crippen LogP contribution in [0.5, 0.6) is 0 Å². The molecule has 0 fully saturated rings. The number of benzene rings is 2. The van der Waals surface area contributed by atoms with Crippen LogP contribution in [-0.2, 0) is 17.8 Å². The van der Waals surface area contributed by atoms with Crippen LogP contribution in [0.4, 0.5) is 15.8 Å². The average molecular weight is 349 g/mol. The van der Waals surface area contributed by atoms with Crippen molar-refractivity contribution in [3.8, 4) is 0 Å².